The molecule has 1 aromatic rings. The van der Waals surface area contributed by atoms with Gasteiger partial charge in [-0.15, -0.1) is 12.4 Å². The zero-order valence-corrected chi connectivity index (χ0v) is 12.0. The molecule has 1 aromatic carbocycles. The molecule has 0 amide bonds. The van der Waals surface area contributed by atoms with Crippen LogP contribution in [0.2, 0.25) is 0 Å². The van der Waals surface area contributed by atoms with E-state index < -0.39 is 0 Å². The number of fused-ring (bicyclic) bond motifs is 2. The average Bonchev–Trinajstić information content (AvgIpc) is 2.68. The molecule has 2 aliphatic rings. The van der Waals surface area contributed by atoms with Crippen molar-refractivity contribution in [3.8, 4) is 0 Å². The zero-order valence-electron chi connectivity index (χ0n) is 11.2. The van der Waals surface area contributed by atoms with E-state index in [2.05, 4.69) is 5.32 Å². The lowest BCUT2D eigenvalue weighted by Gasteiger charge is -2.29. The third-order valence-electron chi connectivity index (χ3n) is 4.25. The summed E-state index contributed by atoms with van der Waals surface area (Å²) in [7, 11) is 0. The van der Waals surface area contributed by atoms with Crippen molar-refractivity contribution in [3.63, 3.8) is 0 Å². The Morgan fingerprint density at radius 3 is 2.58 bits per heavy atom. The van der Waals surface area contributed by atoms with Crippen molar-refractivity contribution in [3.05, 3.63) is 35.1 Å². The number of piperidine rings is 1. The van der Waals surface area contributed by atoms with Crippen LogP contribution in [0.25, 0.3) is 0 Å². The second-order valence-corrected chi connectivity index (χ2v) is 5.58. The van der Waals surface area contributed by atoms with Crippen LogP contribution >= 0.6 is 12.4 Å². The first kappa shape index (κ1) is 14.8. The van der Waals surface area contributed by atoms with E-state index in [0.29, 0.717) is 30.4 Å². The molecule has 1 N–H and O–H groups in total. The summed E-state index contributed by atoms with van der Waals surface area (Å²) in [5.41, 5.74) is 1.69. The Morgan fingerprint density at radius 2 is 1.95 bits per heavy atom. The summed E-state index contributed by atoms with van der Waals surface area (Å²) >= 11 is 0. The van der Waals surface area contributed by atoms with Gasteiger partial charge < -0.3 is 10.1 Å². The van der Waals surface area contributed by atoms with Crippen molar-refractivity contribution in [2.24, 2.45) is 0 Å². The molecular formula is C15H21ClFNO. The Morgan fingerprint density at radius 1 is 1.26 bits per heavy atom. The van der Waals surface area contributed by atoms with Gasteiger partial charge in [0.05, 0.1) is 12.7 Å². The van der Waals surface area contributed by atoms with Gasteiger partial charge in [0, 0.05) is 17.6 Å². The van der Waals surface area contributed by atoms with Gasteiger partial charge in [-0.05, 0) is 44.2 Å². The molecule has 106 valence electrons. The number of hydrogen-bond acceptors (Lipinski definition) is 2. The van der Waals surface area contributed by atoms with Crippen molar-refractivity contribution in [1.82, 2.24) is 5.32 Å². The van der Waals surface area contributed by atoms with Crippen LogP contribution < -0.4 is 5.32 Å². The Kier molecular flexibility index (Phi) is 4.82. The lowest BCUT2D eigenvalue weighted by molar-refractivity contribution is 0.00778. The van der Waals surface area contributed by atoms with Crippen LogP contribution in [-0.2, 0) is 11.3 Å². The first-order chi connectivity index (χ1) is 8.72. The molecule has 0 radical (unpaired) electrons. The van der Waals surface area contributed by atoms with E-state index in [1.807, 2.05) is 13.0 Å². The lowest BCUT2D eigenvalue weighted by Crippen LogP contribution is -2.41. The van der Waals surface area contributed by atoms with Crippen LogP contribution in [0.5, 0.6) is 0 Å². The van der Waals surface area contributed by atoms with Crippen molar-refractivity contribution in [1.29, 1.82) is 0 Å². The highest BCUT2D eigenvalue weighted by atomic mass is 35.5. The van der Waals surface area contributed by atoms with Gasteiger partial charge in [0.2, 0.25) is 0 Å². The van der Waals surface area contributed by atoms with Gasteiger partial charge in [-0.2, -0.15) is 0 Å². The Labute approximate surface area is 120 Å². The molecule has 3 atom stereocenters. The number of benzene rings is 1. The highest BCUT2D eigenvalue weighted by molar-refractivity contribution is 5.85. The number of ether oxygens (including phenoxy) is 1. The molecule has 3 rings (SSSR count). The number of halogens is 2. The molecule has 2 nitrogen and oxygen atoms in total. The molecule has 0 spiro atoms. The van der Waals surface area contributed by atoms with Gasteiger partial charge in [-0.1, -0.05) is 12.1 Å². The maximum atomic E-state index is 13.7. The fraction of sp³-hybridized carbons (Fsp3) is 0.600. The largest absolute Gasteiger partial charge is 0.373 e. The molecule has 0 aliphatic carbocycles. The molecule has 2 aliphatic heterocycles. The summed E-state index contributed by atoms with van der Waals surface area (Å²) in [6.45, 7) is 2.34. The normalized spacial score (nSPS) is 29.1. The number of rotatable bonds is 3. The average molecular weight is 286 g/mol. The number of aryl methyl sites for hydroxylation is 1. The second-order valence-electron chi connectivity index (χ2n) is 5.58. The fourth-order valence-electron chi connectivity index (χ4n) is 3.19. The quantitative estimate of drug-likeness (QED) is 0.919. The van der Waals surface area contributed by atoms with E-state index in [0.717, 1.165) is 18.4 Å². The summed E-state index contributed by atoms with van der Waals surface area (Å²) in [5.74, 6) is -0.146. The number of hydrogen-bond donors (Lipinski definition) is 1. The maximum Gasteiger partial charge on any atom is 0.128 e. The second kappa shape index (κ2) is 6.21. The van der Waals surface area contributed by atoms with Gasteiger partial charge in [0.15, 0.2) is 0 Å². The van der Waals surface area contributed by atoms with E-state index in [9.17, 15) is 4.39 Å². The van der Waals surface area contributed by atoms with Gasteiger partial charge in [-0.25, -0.2) is 4.39 Å². The highest BCUT2D eigenvalue weighted by Gasteiger charge is 2.33. The van der Waals surface area contributed by atoms with E-state index in [-0.39, 0.29) is 18.2 Å². The van der Waals surface area contributed by atoms with E-state index in [4.69, 9.17) is 4.74 Å². The van der Waals surface area contributed by atoms with Gasteiger partial charge in [-0.3, -0.25) is 0 Å². The minimum atomic E-state index is -0.146. The van der Waals surface area contributed by atoms with E-state index in [1.54, 1.807) is 6.07 Å². The maximum absolute atomic E-state index is 13.7. The minimum Gasteiger partial charge on any atom is -0.373 e. The summed E-state index contributed by atoms with van der Waals surface area (Å²) in [6, 6.07) is 6.44. The van der Waals surface area contributed by atoms with Gasteiger partial charge in [0.1, 0.15) is 5.82 Å². The van der Waals surface area contributed by atoms with Crippen molar-refractivity contribution >= 4 is 12.4 Å². The fourth-order valence-corrected chi connectivity index (χ4v) is 3.19. The first-order valence-electron chi connectivity index (χ1n) is 6.84. The molecule has 2 bridgehead atoms. The van der Waals surface area contributed by atoms with Crippen LogP contribution in [0.3, 0.4) is 0 Å². The first-order valence-corrected chi connectivity index (χ1v) is 6.84. The molecule has 0 aromatic heterocycles. The molecule has 0 unspecified atom stereocenters. The highest BCUT2D eigenvalue weighted by Crippen LogP contribution is 2.29. The molecule has 0 saturated carbocycles. The van der Waals surface area contributed by atoms with Crippen molar-refractivity contribution in [2.45, 2.75) is 57.4 Å². The Balaban J connectivity index is 0.00000133. The third-order valence-corrected chi connectivity index (χ3v) is 4.25. The van der Waals surface area contributed by atoms with Crippen LogP contribution in [0, 0.1) is 12.7 Å². The summed E-state index contributed by atoms with van der Waals surface area (Å²) in [6.07, 6.45) is 4.98. The third kappa shape index (κ3) is 3.28. The van der Waals surface area contributed by atoms with Crippen LogP contribution in [0.4, 0.5) is 4.39 Å². The minimum absolute atomic E-state index is 0. The monoisotopic (exact) mass is 285 g/mol. The topological polar surface area (TPSA) is 21.3 Å². The Bertz CT molecular complexity index is 408. The predicted octanol–water partition coefficient (Wildman–Crippen LogP) is 3.36. The van der Waals surface area contributed by atoms with Crippen molar-refractivity contribution in [2.75, 3.05) is 0 Å². The van der Waals surface area contributed by atoms with Crippen LogP contribution in [0.1, 0.15) is 36.8 Å². The standard InChI is InChI=1S/C15H20FNO.ClH/c1-10-3-2-4-15(16)14(10)9-18-13-7-11-5-6-12(8-13)17-11;/h2-4,11-13,17H,5-9H2,1H3;1H/t11-,12+,13+;. The molecule has 2 heterocycles. The van der Waals surface area contributed by atoms with Crippen LogP contribution in [-0.4, -0.2) is 18.2 Å². The Hall–Kier alpha value is -0.640. The predicted molar refractivity (Wildman–Crippen MR) is 76.1 cm³/mol. The molecule has 2 saturated heterocycles. The molecular weight excluding hydrogens is 265 g/mol. The van der Waals surface area contributed by atoms with Gasteiger partial charge in [0.25, 0.3) is 0 Å². The molecule has 4 heteroatoms. The smallest absolute Gasteiger partial charge is 0.128 e. The summed E-state index contributed by atoms with van der Waals surface area (Å²) in [5, 5.41) is 3.59. The van der Waals surface area contributed by atoms with E-state index >= 15 is 0 Å². The van der Waals surface area contributed by atoms with Crippen molar-refractivity contribution < 1.29 is 9.13 Å². The van der Waals surface area contributed by atoms with Gasteiger partial charge >= 0.3 is 0 Å². The zero-order chi connectivity index (χ0) is 12.5. The lowest BCUT2D eigenvalue weighted by atomic mass is 10.0. The van der Waals surface area contributed by atoms with Crippen LogP contribution in [0.15, 0.2) is 18.2 Å². The summed E-state index contributed by atoms with van der Waals surface area (Å²) in [4.78, 5) is 0. The summed E-state index contributed by atoms with van der Waals surface area (Å²) < 4.78 is 19.6. The SMILES string of the molecule is Cc1cccc(F)c1CO[C@H]1C[C@H]2CC[C@@H](C1)N2.Cl. The molecule has 2 fully saturated rings. The van der Waals surface area contributed by atoms with E-state index in [1.165, 1.54) is 18.9 Å². The number of nitrogens with one attached hydrogen (secondary N) is 1. The molecule has 19 heavy (non-hydrogen) atoms.